The number of nitro groups is 1. The van der Waals surface area contributed by atoms with Crippen LogP contribution >= 0.6 is 0 Å². The SMILES string of the molecule is CCC(C)(C)N(C)c1ccc(C(C)=O)c([N+](=O)[O-])c1. The monoisotopic (exact) mass is 264 g/mol. The third kappa shape index (κ3) is 3.10. The Hall–Kier alpha value is -1.91. The Morgan fingerprint density at radius 1 is 1.42 bits per heavy atom. The first-order valence-electron chi connectivity index (χ1n) is 6.24. The van der Waals surface area contributed by atoms with Gasteiger partial charge in [0.1, 0.15) is 0 Å². The highest BCUT2D eigenvalue weighted by molar-refractivity contribution is 5.98. The largest absolute Gasteiger partial charge is 0.369 e. The smallest absolute Gasteiger partial charge is 0.282 e. The molecule has 0 heterocycles. The Morgan fingerprint density at radius 3 is 2.42 bits per heavy atom. The predicted octanol–water partition coefficient (Wildman–Crippen LogP) is 3.42. The van der Waals surface area contributed by atoms with E-state index in [4.69, 9.17) is 0 Å². The molecule has 0 radical (unpaired) electrons. The summed E-state index contributed by atoms with van der Waals surface area (Å²) in [6.45, 7) is 7.53. The molecule has 5 nitrogen and oxygen atoms in total. The van der Waals surface area contributed by atoms with Crippen LogP contribution in [0.15, 0.2) is 18.2 Å². The van der Waals surface area contributed by atoms with E-state index in [0.717, 1.165) is 12.1 Å². The summed E-state index contributed by atoms with van der Waals surface area (Å²) in [7, 11) is 1.90. The summed E-state index contributed by atoms with van der Waals surface area (Å²) in [4.78, 5) is 23.9. The topological polar surface area (TPSA) is 63.5 Å². The number of Topliss-reactive ketones (excluding diaryl/α,β-unsaturated/α-hetero) is 1. The van der Waals surface area contributed by atoms with Gasteiger partial charge in [-0.1, -0.05) is 6.92 Å². The lowest BCUT2D eigenvalue weighted by Gasteiger charge is -2.36. The van der Waals surface area contributed by atoms with E-state index in [1.807, 2.05) is 11.9 Å². The summed E-state index contributed by atoms with van der Waals surface area (Å²) in [6, 6.07) is 4.74. The zero-order valence-electron chi connectivity index (χ0n) is 12.1. The van der Waals surface area contributed by atoms with Gasteiger partial charge in [-0.3, -0.25) is 14.9 Å². The Morgan fingerprint density at radius 2 is 2.00 bits per heavy atom. The maximum atomic E-state index is 11.4. The van der Waals surface area contributed by atoms with Crippen molar-refractivity contribution in [1.29, 1.82) is 0 Å². The van der Waals surface area contributed by atoms with Crippen molar-refractivity contribution in [1.82, 2.24) is 0 Å². The third-order valence-corrected chi connectivity index (χ3v) is 3.72. The molecule has 0 bridgehead atoms. The van der Waals surface area contributed by atoms with E-state index < -0.39 is 4.92 Å². The maximum Gasteiger partial charge on any atom is 0.282 e. The Labute approximate surface area is 113 Å². The molecule has 0 N–H and O–H groups in total. The number of carbonyl (C=O) groups excluding carboxylic acids is 1. The van der Waals surface area contributed by atoms with Gasteiger partial charge in [-0.05, 0) is 39.3 Å². The molecule has 5 heteroatoms. The standard InChI is InChI=1S/C14H20N2O3/c1-6-14(3,4)15(5)11-7-8-12(10(2)17)13(9-11)16(18)19/h7-9H,6H2,1-5H3. The van der Waals surface area contributed by atoms with Crippen molar-refractivity contribution in [2.24, 2.45) is 0 Å². The second kappa shape index (κ2) is 5.38. The van der Waals surface area contributed by atoms with Crippen LogP contribution in [-0.2, 0) is 0 Å². The summed E-state index contributed by atoms with van der Waals surface area (Å²) in [6.07, 6.45) is 0.908. The Balaban J connectivity index is 3.30. The highest BCUT2D eigenvalue weighted by Gasteiger charge is 2.25. The number of ketones is 1. The molecule has 0 saturated carbocycles. The van der Waals surface area contributed by atoms with E-state index in [0.29, 0.717) is 0 Å². The molecule has 0 saturated heterocycles. The van der Waals surface area contributed by atoms with Gasteiger partial charge in [0.25, 0.3) is 5.69 Å². The molecule has 0 unspecified atom stereocenters. The highest BCUT2D eigenvalue weighted by atomic mass is 16.6. The van der Waals surface area contributed by atoms with Crippen molar-refractivity contribution >= 4 is 17.2 Å². The molecule has 0 aromatic heterocycles. The van der Waals surface area contributed by atoms with E-state index in [2.05, 4.69) is 20.8 Å². The number of anilines is 1. The van der Waals surface area contributed by atoms with Crippen molar-refractivity contribution in [2.45, 2.75) is 39.7 Å². The number of benzene rings is 1. The molecule has 0 amide bonds. The lowest BCUT2D eigenvalue weighted by atomic mass is 9.98. The molecule has 0 aliphatic rings. The van der Waals surface area contributed by atoms with Crippen molar-refractivity contribution < 1.29 is 9.72 Å². The lowest BCUT2D eigenvalue weighted by Crippen LogP contribution is -2.40. The molecule has 0 aliphatic heterocycles. The van der Waals surface area contributed by atoms with E-state index >= 15 is 0 Å². The summed E-state index contributed by atoms with van der Waals surface area (Å²) < 4.78 is 0. The minimum absolute atomic E-state index is 0.106. The molecular formula is C14H20N2O3. The van der Waals surface area contributed by atoms with Gasteiger partial charge < -0.3 is 4.90 Å². The van der Waals surface area contributed by atoms with E-state index in [1.165, 1.54) is 19.1 Å². The lowest BCUT2D eigenvalue weighted by molar-refractivity contribution is -0.385. The minimum atomic E-state index is -0.507. The van der Waals surface area contributed by atoms with Gasteiger partial charge >= 0.3 is 0 Å². The molecule has 1 aromatic carbocycles. The van der Waals surface area contributed by atoms with Crippen LogP contribution in [-0.4, -0.2) is 23.3 Å². The molecule has 104 valence electrons. The van der Waals surface area contributed by atoms with Gasteiger partial charge in [-0.25, -0.2) is 0 Å². The zero-order valence-corrected chi connectivity index (χ0v) is 12.1. The number of carbonyl (C=O) groups is 1. The predicted molar refractivity (Wildman–Crippen MR) is 75.9 cm³/mol. The fraction of sp³-hybridized carbons (Fsp3) is 0.500. The molecule has 0 spiro atoms. The van der Waals surface area contributed by atoms with E-state index in [1.54, 1.807) is 6.07 Å². The van der Waals surface area contributed by atoms with Gasteiger partial charge in [0.2, 0.25) is 0 Å². The number of hydrogen-bond acceptors (Lipinski definition) is 4. The first kappa shape index (κ1) is 15.1. The fourth-order valence-corrected chi connectivity index (χ4v) is 1.76. The summed E-state index contributed by atoms with van der Waals surface area (Å²) in [5.74, 6) is -0.296. The molecule has 1 rings (SSSR count). The van der Waals surface area contributed by atoms with E-state index in [9.17, 15) is 14.9 Å². The summed E-state index contributed by atoms with van der Waals surface area (Å²) >= 11 is 0. The molecule has 0 fully saturated rings. The molecule has 0 atom stereocenters. The van der Waals surface area contributed by atoms with Crippen LogP contribution in [0.2, 0.25) is 0 Å². The maximum absolute atomic E-state index is 11.4. The second-order valence-electron chi connectivity index (χ2n) is 5.24. The quantitative estimate of drug-likeness (QED) is 0.464. The van der Waals surface area contributed by atoms with Gasteiger partial charge in [0.05, 0.1) is 10.5 Å². The first-order chi connectivity index (χ1) is 8.70. The van der Waals surface area contributed by atoms with Crippen LogP contribution in [0.4, 0.5) is 11.4 Å². The van der Waals surface area contributed by atoms with Gasteiger partial charge in [-0.2, -0.15) is 0 Å². The minimum Gasteiger partial charge on any atom is -0.369 e. The Bertz CT molecular complexity index is 509. The molecule has 0 aliphatic carbocycles. The first-order valence-corrected chi connectivity index (χ1v) is 6.24. The van der Waals surface area contributed by atoms with Crippen LogP contribution in [0, 0.1) is 10.1 Å². The van der Waals surface area contributed by atoms with E-state index in [-0.39, 0.29) is 22.6 Å². The van der Waals surface area contributed by atoms with Crippen molar-refractivity contribution in [3.05, 3.63) is 33.9 Å². The normalized spacial score (nSPS) is 11.2. The highest BCUT2D eigenvalue weighted by Crippen LogP contribution is 2.30. The van der Waals surface area contributed by atoms with Gasteiger partial charge in [0, 0.05) is 24.3 Å². The number of nitrogens with zero attached hydrogens (tertiary/aromatic N) is 2. The molecule has 19 heavy (non-hydrogen) atoms. The van der Waals surface area contributed by atoms with Gasteiger partial charge in [-0.15, -0.1) is 0 Å². The van der Waals surface area contributed by atoms with Crippen LogP contribution in [0.3, 0.4) is 0 Å². The average molecular weight is 264 g/mol. The van der Waals surface area contributed by atoms with Gasteiger partial charge in [0.15, 0.2) is 5.78 Å². The van der Waals surface area contributed by atoms with Crippen LogP contribution in [0.5, 0.6) is 0 Å². The van der Waals surface area contributed by atoms with Crippen LogP contribution < -0.4 is 4.90 Å². The van der Waals surface area contributed by atoms with Crippen molar-refractivity contribution in [3.63, 3.8) is 0 Å². The van der Waals surface area contributed by atoms with Crippen LogP contribution in [0.1, 0.15) is 44.5 Å². The fourth-order valence-electron chi connectivity index (χ4n) is 1.76. The number of nitro benzene ring substituents is 1. The van der Waals surface area contributed by atoms with Crippen molar-refractivity contribution in [3.8, 4) is 0 Å². The zero-order chi connectivity index (χ0) is 14.8. The Kier molecular flexibility index (Phi) is 4.29. The summed E-state index contributed by atoms with van der Waals surface area (Å²) in [5.41, 5.74) is 0.648. The average Bonchev–Trinajstić information content (AvgIpc) is 2.36. The second-order valence-corrected chi connectivity index (χ2v) is 5.24. The molecular weight excluding hydrogens is 244 g/mol. The molecule has 1 aromatic rings. The van der Waals surface area contributed by atoms with Crippen molar-refractivity contribution in [2.75, 3.05) is 11.9 Å². The number of hydrogen-bond donors (Lipinski definition) is 0. The van der Waals surface area contributed by atoms with Crippen LogP contribution in [0.25, 0.3) is 0 Å². The summed E-state index contributed by atoms with van der Waals surface area (Å²) in [5, 5.41) is 11.1. The number of rotatable bonds is 5. The third-order valence-electron chi connectivity index (χ3n) is 3.72.